The third kappa shape index (κ3) is 6.42. The highest BCUT2D eigenvalue weighted by Gasteiger charge is 2.22. The van der Waals surface area contributed by atoms with Gasteiger partial charge in [-0.3, -0.25) is 0 Å². The second kappa shape index (κ2) is 8.10. The SMILES string of the molecule is CCC(C)(C)NCCCNC(CC)(CC)CC. The van der Waals surface area contributed by atoms with Crippen LogP contribution >= 0.6 is 0 Å². The molecule has 0 aliphatic rings. The first kappa shape index (κ1) is 16.9. The smallest absolute Gasteiger partial charge is 0.0173 e. The molecule has 0 aromatic rings. The van der Waals surface area contributed by atoms with E-state index in [1.807, 2.05) is 0 Å². The van der Waals surface area contributed by atoms with Gasteiger partial charge in [0, 0.05) is 11.1 Å². The van der Waals surface area contributed by atoms with E-state index in [9.17, 15) is 0 Å². The molecular weight excluding hydrogens is 208 g/mol. The molecule has 0 rings (SSSR count). The average molecular weight is 242 g/mol. The van der Waals surface area contributed by atoms with Crippen molar-refractivity contribution >= 4 is 0 Å². The van der Waals surface area contributed by atoms with Gasteiger partial charge in [-0.05, 0) is 59.0 Å². The van der Waals surface area contributed by atoms with Crippen LogP contribution in [0.4, 0.5) is 0 Å². The van der Waals surface area contributed by atoms with Gasteiger partial charge in [-0.15, -0.1) is 0 Å². The number of hydrogen-bond donors (Lipinski definition) is 2. The summed E-state index contributed by atoms with van der Waals surface area (Å²) in [5.41, 5.74) is 0.664. The Labute approximate surface area is 109 Å². The Kier molecular flexibility index (Phi) is 8.06. The van der Waals surface area contributed by atoms with Gasteiger partial charge < -0.3 is 10.6 Å². The average Bonchev–Trinajstić information content (AvgIpc) is 2.34. The number of hydrogen-bond acceptors (Lipinski definition) is 2. The van der Waals surface area contributed by atoms with Crippen LogP contribution in [0.2, 0.25) is 0 Å². The van der Waals surface area contributed by atoms with Crippen molar-refractivity contribution in [1.29, 1.82) is 0 Å². The Morgan fingerprint density at radius 2 is 1.18 bits per heavy atom. The molecule has 0 amide bonds. The van der Waals surface area contributed by atoms with Crippen LogP contribution < -0.4 is 10.6 Å². The molecule has 2 N–H and O–H groups in total. The Bertz CT molecular complexity index is 175. The Hall–Kier alpha value is -0.0800. The normalized spacial score (nSPS) is 13.1. The van der Waals surface area contributed by atoms with Crippen molar-refractivity contribution in [1.82, 2.24) is 10.6 Å². The van der Waals surface area contributed by atoms with Crippen molar-refractivity contribution < 1.29 is 0 Å². The molecule has 0 bridgehead atoms. The molecule has 0 radical (unpaired) electrons. The Morgan fingerprint density at radius 3 is 1.59 bits per heavy atom. The summed E-state index contributed by atoms with van der Waals surface area (Å²) >= 11 is 0. The molecule has 2 nitrogen and oxygen atoms in total. The molecule has 104 valence electrons. The Morgan fingerprint density at radius 1 is 0.706 bits per heavy atom. The van der Waals surface area contributed by atoms with Gasteiger partial charge in [-0.2, -0.15) is 0 Å². The lowest BCUT2D eigenvalue weighted by Crippen LogP contribution is -2.45. The lowest BCUT2D eigenvalue weighted by atomic mass is 9.90. The van der Waals surface area contributed by atoms with Crippen LogP contribution in [0.5, 0.6) is 0 Å². The largest absolute Gasteiger partial charge is 0.312 e. The van der Waals surface area contributed by atoms with E-state index >= 15 is 0 Å². The summed E-state index contributed by atoms with van der Waals surface area (Å²) < 4.78 is 0. The standard InChI is InChI=1S/C15H34N2/c1-7-14(5,6)16-12-11-13-17-15(8-2,9-3)10-4/h16-17H,7-13H2,1-6H3. The molecule has 0 saturated carbocycles. The van der Waals surface area contributed by atoms with Gasteiger partial charge in [0.25, 0.3) is 0 Å². The van der Waals surface area contributed by atoms with Crippen molar-refractivity contribution in [3.63, 3.8) is 0 Å². The lowest BCUT2D eigenvalue weighted by Gasteiger charge is -2.32. The first-order valence-corrected chi connectivity index (χ1v) is 7.45. The molecule has 0 fully saturated rings. The highest BCUT2D eigenvalue weighted by atomic mass is 15.0. The summed E-state index contributed by atoms with van der Waals surface area (Å²) in [6.45, 7) is 15.9. The fraction of sp³-hybridized carbons (Fsp3) is 1.00. The van der Waals surface area contributed by atoms with Gasteiger partial charge >= 0.3 is 0 Å². The highest BCUT2D eigenvalue weighted by molar-refractivity contribution is 4.84. The zero-order chi connectivity index (χ0) is 13.4. The van der Waals surface area contributed by atoms with Gasteiger partial charge in [0.15, 0.2) is 0 Å². The van der Waals surface area contributed by atoms with E-state index in [4.69, 9.17) is 0 Å². The maximum atomic E-state index is 3.75. The summed E-state index contributed by atoms with van der Waals surface area (Å²) in [6, 6.07) is 0. The molecule has 0 aliphatic heterocycles. The van der Waals surface area contributed by atoms with Crippen molar-refractivity contribution in [3.8, 4) is 0 Å². The molecule has 0 spiro atoms. The maximum Gasteiger partial charge on any atom is 0.0173 e. The topological polar surface area (TPSA) is 24.1 Å². The fourth-order valence-corrected chi connectivity index (χ4v) is 2.12. The number of nitrogens with one attached hydrogen (secondary N) is 2. The van der Waals surface area contributed by atoms with E-state index in [-0.39, 0.29) is 5.54 Å². The van der Waals surface area contributed by atoms with E-state index in [1.165, 1.54) is 32.1 Å². The van der Waals surface area contributed by atoms with Gasteiger partial charge in [-0.25, -0.2) is 0 Å². The van der Waals surface area contributed by atoms with Gasteiger partial charge in [0.1, 0.15) is 0 Å². The van der Waals surface area contributed by atoms with E-state index in [0.717, 1.165) is 13.1 Å². The fourth-order valence-electron chi connectivity index (χ4n) is 2.12. The third-order valence-corrected chi connectivity index (χ3v) is 4.37. The molecule has 2 heteroatoms. The first-order chi connectivity index (χ1) is 7.95. The quantitative estimate of drug-likeness (QED) is 0.571. The molecule has 0 atom stereocenters. The van der Waals surface area contributed by atoms with Crippen molar-refractivity contribution in [2.45, 2.75) is 84.7 Å². The minimum absolute atomic E-state index is 0.289. The van der Waals surface area contributed by atoms with Gasteiger partial charge in [-0.1, -0.05) is 27.7 Å². The van der Waals surface area contributed by atoms with Crippen molar-refractivity contribution in [2.75, 3.05) is 13.1 Å². The third-order valence-electron chi connectivity index (χ3n) is 4.37. The maximum absolute atomic E-state index is 3.75. The van der Waals surface area contributed by atoms with Crippen LogP contribution in [0, 0.1) is 0 Å². The predicted molar refractivity (Wildman–Crippen MR) is 78.6 cm³/mol. The molecule has 0 heterocycles. The minimum atomic E-state index is 0.289. The predicted octanol–water partition coefficient (Wildman–Crippen LogP) is 3.71. The molecule has 0 saturated heterocycles. The molecule has 0 aliphatic carbocycles. The van der Waals surface area contributed by atoms with E-state index in [2.05, 4.69) is 52.2 Å². The summed E-state index contributed by atoms with van der Waals surface area (Å²) in [6.07, 6.45) is 6.09. The van der Waals surface area contributed by atoms with Gasteiger partial charge in [0.2, 0.25) is 0 Å². The summed E-state index contributed by atoms with van der Waals surface area (Å²) in [4.78, 5) is 0. The van der Waals surface area contributed by atoms with E-state index < -0.39 is 0 Å². The van der Waals surface area contributed by atoms with Crippen LogP contribution in [-0.4, -0.2) is 24.2 Å². The second-order valence-corrected chi connectivity index (χ2v) is 5.79. The van der Waals surface area contributed by atoms with Crippen LogP contribution in [-0.2, 0) is 0 Å². The summed E-state index contributed by atoms with van der Waals surface area (Å²) in [7, 11) is 0. The molecule has 0 aromatic carbocycles. The first-order valence-electron chi connectivity index (χ1n) is 7.45. The minimum Gasteiger partial charge on any atom is -0.312 e. The molecule has 0 aromatic heterocycles. The van der Waals surface area contributed by atoms with Crippen LogP contribution in [0.25, 0.3) is 0 Å². The lowest BCUT2D eigenvalue weighted by molar-refractivity contribution is 0.285. The highest BCUT2D eigenvalue weighted by Crippen LogP contribution is 2.18. The van der Waals surface area contributed by atoms with Crippen molar-refractivity contribution in [3.05, 3.63) is 0 Å². The van der Waals surface area contributed by atoms with Gasteiger partial charge in [0.05, 0.1) is 0 Å². The zero-order valence-corrected chi connectivity index (χ0v) is 12.9. The Balaban J connectivity index is 3.77. The molecule has 17 heavy (non-hydrogen) atoms. The summed E-state index contributed by atoms with van der Waals surface area (Å²) in [5, 5.41) is 7.36. The number of rotatable bonds is 10. The monoisotopic (exact) mass is 242 g/mol. The second-order valence-electron chi connectivity index (χ2n) is 5.79. The van der Waals surface area contributed by atoms with Crippen molar-refractivity contribution in [2.24, 2.45) is 0 Å². The van der Waals surface area contributed by atoms with Crippen LogP contribution in [0.1, 0.15) is 73.6 Å². The van der Waals surface area contributed by atoms with E-state index in [0.29, 0.717) is 5.54 Å². The van der Waals surface area contributed by atoms with Crippen LogP contribution in [0.15, 0.2) is 0 Å². The molecular formula is C15H34N2. The van der Waals surface area contributed by atoms with Crippen LogP contribution in [0.3, 0.4) is 0 Å². The van der Waals surface area contributed by atoms with E-state index in [1.54, 1.807) is 0 Å². The zero-order valence-electron chi connectivity index (χ0n) is 12.9. The molecule has 0 unspecified atom stereocenters. The summed E-state index contributed by atoms with van der Waals surface area (Å²) in [5.74, 6) is 0.